The van der Waals surface area contributed by atoms with E-state index in [0.29, 0.717) is 36.1 Å². The van der Waals surface area contributed by atoms with E-state index in [1.165, 1.54) is 11.3 Å². The lowest BCUT2D eigenvalue weighted by Gasteiger charge is -2.26. The van der Waals surface area contributed by atoms with Gasteiger partial charge in [-0.15, -0.1) is 0 Å². The van der Waals surface area contributed by atoms with Gasteiger partial charge in [-0.2, -0.15) is 0 Å². The second kappa shape index (κ2) is 8.40. The van der Waals surface area contributed by atoms with Gasteiger partial charge < -0.3 is 9.64 Å². The number of nitrogens with one attached hydrogen (secondary N) is 1. The Kier molecular flexibility index (Phi) is 5.53. The predicted octanol–water partition coefficient (Wildman–Crippen LogP) is 3.06. The van der Waals surface area contributed by atoms with Crippen LogP contribution in [0.5, 0.6) is 5.75 Å². The maximum Gasteiger partial charge on any atom is 0.276 e. The molecular weight excluding hydrogens is 388 g/mol. The Bertz CT molecular complexity index is 1040. The quantitative estimate of drug-likeness (QED) is 0.701. The van der Waals surface area contributed by atoms with E-state index in [4.69, 9.17) is 4.74 Å². The number of carbonyl (C=O) groups excluding carboxylic acids is 2. The van der Waals surface area contributed by atoms with E-state index in [-0.39, 0.29) is 18.4 Å². The lowest BCUT2D eigenvalue weighted by molar-refractivity contribution is -0.134. The molecule has 0 saturated carbocycles. The Morgan fingerprint density at radius 2 is 2.14 bits per heavy atom. The van der Waals surface area contributed by atoms with E-state index in [1.807, 2.05) is 31.2 Å². The van der Waals surface area contributed by atoms with Gasteiger partial charge in [0.25, 0.3) is 11.8 Å². The zero-order valence-corrected chi connectivity index (χ0v) is 16.7. The first-order chi connectivity index (χ1) is 14.1. The lowest BCUT2D eigenvalue weighted by Crippen LogP contribution is -2.38. The van der Waals surface area contributed by atoms with Crippen LogP contribution in [0.4, 0.5) is 5.13 Å². The molecular formula is C21H20N4O3S. The van der Waals surface area contributed by atoms with E-state index in [2.05, 4.69) is 15.3 Å². The Labute approximate surface area is 172 Å². The van der Waals surface area contributed by atoms with Gasteiger partial charge in [0, 0.05) is 24.0 Å². The van der Waals surface area contributed by atoms with Crippen molar-refractivity contribution >= 4 is 28.3 Å². The maximum absolute atomic E-state index is 12.5. The molecule has 0 fully saturated rings. The predicted molar refractivity (Wildman–Crippen MR) is 110 cm³/mol. The summed E-state index contributed by atoms with van der Waals surface area (Å²) in [6, 6.07) is 12.8. The molecule has 0 unspecified atom stereocenters. The standard InChI is InChI=1S/C21H20N4O3S/c1-14-5-4-6-15(11-14)28-13-19(26)25-10-8-16-18(12-25)29-21(23-16)24-20(27)17-7-2-3-9-22-17/h2-7,9,11H,8,10,12-13H2,1H3,(H,23,24,27). The molecule has 3 aromatic rings. The Hall–Kier alpha value is -3.26. The van der Waals surface area contributed by atoms with Crippen LogP contribution in [0, 0.1) is 6.92 Å². The van der Waals surface area contributed by atoms with Crippen LogP contribution in [0.15, 0.2) is 48.7 Å². The van der Waals surface area contributed by atoms with Crippen LogP contribution in [0.1, 0.15) is 26.6 Å². The van der Waals surface area contributed by atoms with Gasteiger partial charge in [0.2, 0.25) is 0 Å². The number of pyridine rings is 1. The SMILES string of the molecule is Cc1cccc(OCC(=O)N2CCc3nc(NC(=O)c4ccccn4)sc3C2)c1. The van der Waals surface area contributed by atoms with Crippen molar-refractivity contribution in [3.8, 4) is 5.75 Å². The summed E-state index contributed by atoms with van der Waals surface area (Å²) in [5.41, 5.74) is 2.35. The number of carbonyl (C=O) groups is 2. The molecule has 0 aliphatic carbocycles. The van der Waals surface area contributed by atoms with Gasteiger partial charge in [0.1, 0.15) is 11.4 Å². The molecule has 0 spiro atoms. The van der Waals surface area contributed by atoms with Crippen LogP contribution in [-0.2, 0) is 17.8 Å². The smallest absolute Gasteiger partial charge is 0.276 e. The Morgan fingerprint density at radius 3 is 2.93 bits per heavy atom. The number of aromatic nitrogens is 2. The number of nitrogens with zero attached hydrogens (tertiary/aromatic N) is 3. The third kappa shape index (κ3) is 4.60. The van der Waals surface area contributed by atoms with Crippen LogP contribution >= 0.6 is 11.3 Å². The zero-order valence-electron chi connectivity index (χ0n) is 15.9. The molecule has 0 radical (unpaired) electrons. The van der Waals surface area contributed by atoms with Crippen molar-refractivity contribution in [3.05, 3.63) is 70.5 Å². The van der Waals surface area contributed by atoms with Crippen molar-refractivity contribution < 1.29 is 14.3 Å². The maximum atomic E-state index is 12.5. The van der Waals surface area contributed by atoms with Crippen molar-refractivity contribution in [1.29, 1.82) is 0 Å². The Morgan fingerprint density at radius 1 is 1.24 bits per heavy atom. The van der Waals surface area contributed by atoms with Gasteiger partial charge in [-0.3, -0.25) is 19.9 Å². The fourth-order valence-corrected chi connectivity index (χ4v) is 4.08. The molecule has 8 heteroatoms. The van der Waals surface area contributed by atoms with Crippen molar-refractivity contribution in [3.63, 3.8) is 0 Å². The fraction of sp³-hybridized carbons (Fsp3) is 0.238. The molecule has 2 amide bonds. The minimum atomic E-state index is -0.295. The highest BCUT2D eigenvalue weighted by Crippen LogP contribution is 2.28. The fourth-order valence-electron chi connectivity index (χ4n) is 3.06. The van der Waals surface area contributed by atoms with Gasteiger partial charge in [0.15, 0.2) is 11.7 Å². The van der Waals surface area contributed by atoms with Gasteiger partial charge in [-0.25, -0.2) is 4.98 Å². The summed E-state index contributed by atoms with van der Waals surface area (Å²) in [6.07, 6.45) is 2.23. The molecule has 3 heterocycles. The van der Waals surface area contributed by atoms with Crippen LogP contribution in [0.2, 0.25) is 0 Å². The third-order valence-corrected chi connectivity index (χ3v) is 5.55. The van der Waals surface area contributed by atoms with Crippen LogP contribution < -0.4 is 10.1 Å². The average molecular weight is 408 g/mol. The highest BCUT2D eigenvalue weighted by atomic mass is 32.1. The number of hydrogen-bond donors (Lipinski definition) is 1. The number of fused-ring (bicyclic) bond motifs is 1. The second-order valence-electron chi connectivity index (χ2n) is 6.73. The van der Waals surface area contributed by atoms with Gasteiger partial charge in [-0.1, -0.05) is 29.5 Å². The first-order valence-corrected chi connectivity index (χ1v) is 10.1. The molecule has 7 nitrogen and oxygen atoms in total. The molecule has 0 atom stereocenters. The number of thiazole rings is 1. The topological polar surface area (TPSA) is 84.4 Å². The normalized spacial score (nSPS) is 12.9. The summed E-state index contributed by atoms with van der Waals surface area (Å²) in [6.45, 7) is 3.04. The number of ether oxygens (including phenoxy) is 1. The molecule has 4 rings (SSSR count). The summed E-state index contributed by atoms with van der Waals surface area (Å²) < 4.78 is 5.63. The van der Waals surface area contributed by atoms with E-state index >= 15 is 0 Å². The molecule has 1 N–H and O–H groups in total. The summed E-state index contributed by atoms with van der Waals surface area (Å²) in [7, 11) is 0. The molecule has 2 aromatic heterocycles. The third-order valence-electron chi connectivity index (χ3n) is 4.55. The van der Waals surface area contributed by atoms with Crippen LogP contribution in [0.3, 0.4) is 0 Å². The van der Waals surface area contributed by atoms with Crippen molar-refractivity contribution in [1.82, 2.24) is 14.9 Å². The highest BCUT2D eigenvalue weighted by molar-refractivity contribution is 7.15. The largest absolute Gasteiger partial charge is 0.484 e. The summed E-state index contributed by atoms with van der Waals surface area (Å²) >= 11 is 1.39. The Balaban J connectivity index is 1.36. The molecule has 0 saturated heterocycles. The zero-order chi connectivity index (χ0) is 20.2. The summed E-state index contributed by atoms with van der Waals surface area (Å²) in [5.74, 6) is 0.328. The number of aryl methyl sites for hydroxylation is 1. The van der Waals surface area contributed by atoms with E-state index in [9.17, 15) is 9.59 Å². The van der Waals surface area contributed by atoms with Crippen LogP contribution in [-0.4, -0.2) is 39.8 Å². The lowest BCUT2D eigenvalue weighted by atomic mass is 10.2. The minimum Gasteiger partial charge on any atom is -0.484 e. The molecule has 148 valence electrons. The monoisotopic (exact) mass is 408 g/mol. The molecule has 1 aliphatic rings. The minimum absolute atomic E-state index is 0.000853. The average Bonchev–Trinajstić information content (AvgIpc) is 3.14. The van der Waals surface area contributed by atoms with Crippen molar-refractivity contribution in [2.24, 2.45) is 0 Å². The van der Waals surface area contributed by atoms with Crippen molar-refractivity contribution in [2.45, 2.75) is 19.9 Å². The molecule has 1 aromatic carbocycles. The number of benzene rings is 1. The van der Waals surface area contributed by atoms with Gasteiger partial charge in [0.05, 0.1) is 12.2 Å². The first kappa shape index (κ1) is 19.1. The van der Waals surface area contributed by atoms with E-state index < -0.39 is 0 Å². The van der Waals surface area contributed by atoms with Crippen LogP contribution in [0.25, 0.3) is 0 Å². The number of amides is 2. The summed E-state index contributed by atoms with van der Waals surface area (Å²) in [4.78, 5) is 36.1. The van der Waals surface area contributed by atoms with Gasteiger partial charge >= 0.3 is 0 Å². The number of anilines is 1. The number of hydrogen-bond acceptors (Lipinski definition) is 6. The van der Waals surface area contributed by atoms with E-state index in [0.717, 1.165) is 16.1 Å². The molecule has 1 aliphatic heterocycles. The second-order valence-corrected chi connectivity index (χ2v) is 7.81. The van der Waals surface area contributed by atoms with Crippen molar-refractivity contribution in [2.75, 3.05) is 18.5 Å². The molecule has 29 heavy (non-hydrogen) atoms. The number of rotatable bonds is 5. The highest BCUT2D eigenvalue weighted by Gasteiger charge is 2.25. The van der Waals surface area contributed by atoms with Gasteiger partial charge in [-0.05, 0) is 36.8 Å². The van der Waals surface area contributed by atoms with E-state index in [1.54, 1.807) is 29.3 Å². The summed E-state index contributed by atoms with van der Waals surface area (Å²) in [5, 5.41) is 3.31. The first-order valence-electron chi connectivity index (χ1n) is 9.27. The molecule has 0 bridgehead atoms.